The molecule has 2 heterocycles. The lowest BCUT2D eigenvalue weighted by Gasteiger charge is -2.08. The zero-order valence-corrected chi connectivity index (χ0v) is 17.4. The number of hydrogen-bond acceptors (Lipinski definition) is 7. The fraction of sp³-hybridized carbons (Fsp3) is 0.312. The molecule has 2 amide bonds. The molecular weight excluding hydrogens is 431 g/mol. The van der Waals surface area contributed by atoms with Crippen LogP contribution in [0.5, 0.6) is 0 Å². The first kappa shape index (κ1) is 21.9. The van der Waals surface area contributed by atoms with Crippen molar-refractivity contribution >= 4 is 57.3 Å². The SMILES string of the molecule is CCOC(=O)c1c(NC(=O)Cn2ncc(Cl)c(Cl)c2=O)sc(C(=O)NC)c1C. The van der Waals surface area contributed by atoms with Gasteiger partial charge < -0.3 is 15.4 Å². The first-order valence-electron chi connectivity index (χ1n) is 7.94. The van der Waals surface area contributed by atoms with Crippen molar-refractivity contribution in [3.63, 3.8) is 0 Å². The van der Waals surface area contributed by atoms with E-state index in [0.29, 0.717) is 5.56 Å². The van der Waals surface area contributed by atoms with E-state index < -0.39 is 29.9 Å². The topological polar surface area (TPSA) is 119 Å². The third kappa shape index (κ3) is 4.51. The maximum absolute atomic E-state index is 12.4. The van der Waals surface area contributed by atoms with Crippen molar-refractivity contribution in [1.29, 1.82) is 0 Å². The summed E-state index contributed by atoms with van der Waals surface area (Å²) in [5.41, 5.74) is -0.278. The Morgan fingerprint density at radius 1 is 1.32 bits per heavy atom. The maximum Gasteiger partial charge on any atom is 0.341 e. The first-order chi connectivity index (χ1) is 13.2. The second-order valence-electron chi connectivity index (χ2n) is 5.38. The van der Waals surface area contributed by atoms with Crippen molar-refractivity contribution in [2.75, 3.05) is 19.0 Å². The number of anilines is 1. The van der Waals surface area contributed by atoms with Gasteiger partial charge in [0.2, 0.25) is 5.91 Å². The normalized spacial score (nSPS) is 10.5. The van der Waals surface area contributed by atoms with Crippen LogP contribution in [0.15, 0.2) is 11.0 Å². The largest absolute Gasteiger partial charge is 0.462 e. The number of hydrogen-bond donors (Lipinski definition) is 2. The lowest BCUT2D eigenvalue weighted by atomic mass is 10.1. The van der Waals surface area contributed by atoms with Gasteiger partial charge in [-0.15, -0.1) is 11.3 Å². The van der Waals surface area contributed by atoms with E-state index in [1.807, 2.05) is 0 Å². The second-order valence-corrected chi connectivity index (χ2v) is 7.18. The Hall–Kier alpha value is -2.43. The van der Waals surface area contributed by atoms with Crippen LogP contribution in [-0.4, -0.2) is 41.2 Å². The molecule has 0 saturated heterocycles. The zero-order chi connectivity index (χ0) is 21.0. The van der Waals surface area contributed by atoms with Gasteiger partial charge in [-0.2, -0.15) is 5.10 Å². The van der Waals surface area contributed by atoms with E-state index in [9.17, 15) is 19.2 Å². The summed E-state index contributed by atoms with van der Waals surface area (Å²) in [5, 5.41) is 8.58. The molecule has 150 valence electrons. The molecule has 2 aromatic rings. The van der Waals surface area contributed by atoms with E-state index in [1.54, 1.807) is 13.8 Å². The van der Waals surface area contributed by atoms with Crippen LogP contribution in [0.1, 0.15) is 32.5 Å². The molecule has 9 nitrogen and oxygen atoms in total. The number of amides is 2. The Balaban J connectivity index is 2.35. The van der Waals surface area contributed by atoms with E-state index in [1.165, 1.54) is 7.05 Å². The van der Waals surface area contributed by atoms with Gasteiger partial charge in [0.25, 0.3) is 11.5 Å². The van der Waals surface area contributed by atoms with Crippen molar-refractivity contribution in [2.24, 2.45) is 0 Å². The van der Waals surface area contributed by atoms with Crippen LogP contribution in [0.3, 0.4) is 0 Å². The van der Waals surface area contributed by atoms with Crippen LogP contribution >= 0.6 is 34.5 Å². The van der Waals surface area contributed by atoms with Crippen LogP contribution in [0.2, 0.25) is 10.0 Å². The molecule has 0 aliphatic carbocycles. The summed E-state index contributed by atoms with van der Waals surface area (Å²) in [4.78, 5) is 49.0. The van der Waals surface area contributed by atoms with Crippen LogP contribution in [0.25, 0.3) is 0 Å². The maximum atomic E-state index is 12.4. The van der Waals surface area contributed by atoms with Gasteiger partial charge >= 0.3 is 5.97 Å². The monoisotopic (exact) mass is 446 g/mol. The highest BCUT2D eigenvalue weighted by molar-refractivity contribution is 7.18. The molecule has 2 rings (SSSR count). The first-order valence-corrected chi connectivity index (χ1v) is 9.52. The quantitative estimate of drug-likeness (QED) is 0.655. The number of nitrogens with zero attached hydrogens (tertiary/aromatic N) is 2. The Morgan fingerprint density at radius 3 is 2.61 bits per heavy atom. The molecule has 0 saturated carbocycles. The van der Waals surface area contributed by atoms with Gasteiger partial charge in [0.05, 0.1) is 28.3 Å². The molecule has 0 atom stereocenters. The van der Waals surface area contributed by atoms with Gasteiger partial charge in [0, 0.05) is 7.05 Å². The predicted octanol–water partition coefficient (Wildman–Crippen LogP) is 2.10. The molecule has 0 radical (unpaired) electrons. The van der Waals surface area contributed by atoms with Gasteiger partial charge in [0.15, 0.2) is 0 Å². The van der Waals surface area contributed by atoms with Crippen molar-refractivity contribution in [1.82, 2.24) is 15.1 Å². The minimum Gasteiger partial charge on any atom is -0.462 e. The minimum atomic E-state index is -0.733. The van der Waals surface area contributed by atoms with Gasteiger partial charge in [0.1, 0.15) is 16.6 Å². The molecular formula is C16H16Cl2N4O5S. The van der Waals surface area contributed by atoms with Crippen LogP contribution in [-0.2, 0) is 16.1 Å². The summed E-state index contributed by atoms with van der Waals surface area (Å²) in [5.74, 6) is -1.73. The summed E-state index contributed by atoms with van der Waals surface area (Å²) in [6.07, 6.45) is 1.14. The van der Waals surface area contributed by atoms with Gasteiger partial charge in [-0.05, 0) is 19.4 Å². The average molecular weight is 447 g/mol. The molecule has 2 N–H and O–H groups in total. The number of carbonyl (C=O) groups is 3. The highest BCUT2D eigenvalue weighted by Gasteiger charge is 2.26. The van der Waals surface area contributed by atoms with Gasteiger partial charge in [-0.1, -0.05) is 23.2 Å². The van der Waals surface area contributed by atoms with E-state index >= 15 is 0 Å². The molecule has 12 heteroatoms. The van der Waals surface area contributed by atoms with E-state index in [0.717, 1.165) is 22.2 Å². The van der Waals surface area contributed by atoms with Crippen molar-refractivity contribution in [2.45, 2.75) is 20.4 Å². The standard InChI is InChI=1S/C16H16Cl2N4O5S/c1-4-27-16(26)10-7(2)12(13(24)19-3)28-14(10)21-9(23)6-22-15(25)11(18)8(17)5-20-22/h5H,4,6H2,1-3H3,(H,19,24)(H,21,23). The molecule has 0 aromatic carbocycles. The summed E-state index contributed by atoms with van der Waals surface area (Å²) < 4.78 is 5.84. The number of halogens is 2. The van der Waals surface area contributed by atoms with Crippen molar-refractivity contribution < 1.29 is 19.1 Å². The minimum absolute atomic E-state index is 0.0305. The fourth-order valence-electron chi connectivity index (χ4n) is 2.24. The Kier molecular flexibility index (Phi) is 7.17. The zero-order valence-electron chi connectivity index (χ0n) is 15.1. The molecule has 0 unspecified atom stereocenters. The van der Waals surface area contributed by atoms with Gasteiger partial charge in [-0.3, -0.25) is 14.4 Å². The molecule has 28 heavy (non-hydrogen) atoms. The number of ether oxygens (including phenoxy) is 1. The lowest BCUT2D eigenvalue weighted by molar-refractivity contribution is -0.117. The average Bonchev–Trinajstić information content (AvgIpc) is 2.97. The lowest BCUT2D eigenvalue weighted by Crippen LogP contribution is -2.30. The smallest absolute Gasteiger partial charge is 0.341 e. The van der Waals surface area contributed by atoms with Gasteiger partial charge in [-0.25, -0.2) is 9.48 Å². The number of esters is 1. The molecule has 0 bridgehead atoms. The predicted molar refractivity (Wildman–Crippen MR) is 106 cm³/mol. The Morgan fingerprint density at radius 2 is 2.00 bits per heavy atom. The molecule has 0 aliphatic heterocycles. The van der Waals surface area contributed by atoms with Crippen LogP contribution in [0.4, 0.5) is 5.00 Å². The number of nitrogens with one attached hydrogen (secondary N) is 2. The highest BCUT2D eigenvalue weighted by atomic mass is 35.5. The van der Waals surface area contributed by atoms with Crippen molar-refractivity contribution in [3.8, 4) is 0 Å². The third-order valence-corrected chi connectivity index (χ3v) is 5.50. The number of aromatic nitrogens is 2. The summed E-state index contributed by atoms with van der Waals surface area (Å²) in [6, 6.07) is 0. The van der Waals surface area contributed by atoms with E-state index in [4.69, 9.17) is 27.9 Å². The van der Waals surface area contributed by atoms with E-state index in [2.05, 4.69) is 15.7 Å². The number of rotatable bonds is 6. The van der Waals surface area contributed by atoms with E-state index in [-0.39, 0.29) is 32.1 Å². The number of thiophene rings is 1. The van der Waals surface area contributed by atoms with Crippen LogP contribution < -0.4 is 16.2 Å². The van der Waals surface area contributed by atoms with Crippen molar-refractivity contribution in [3.05, 3.63) is 42.6 Å². The summed E-state index contributed by atoms with van der Waals surface area (Å²) >= 11 is 12.4. The second kappa shape index (κ2) is 9.18. The third-order valence-electron chi connectivity index (χ3n) is 3.55. The number of carbonyl (C=O) groups excluding carboxylic acids is 3. The Bertz CT molecular complexity index is 1000. The molecule has 0 fully saturated rings. The van der Waals surface area contributed by atoms with Crippen LogP contribution in [0, 0.1) is 6.92 Å². The highest BCUT2D eigenvalue weighted by Crippen LogP contribution is 2.33. The summed E-state index contributed by atoms with van der Waals surface area (Å²) in [6.45, 7) is 2.87. The summed E-state index contributed by atoms with van der Waals surface area (Å²) in [7, 11) is 1.45. The molecule has 0 spiro atoms. The Labute approximate surface area is 173 Å². The molecule has 0 aliphatic rings. The fourth-order valence-corrected chi connectivity index (χ4v) is 3.67. The molecule has 2 aromatic heterocycles.